The molecule has 0 aliphatic rings. The average molecular weight is 302 g/mol. The molecule has 0 radical (unpaired) electrons. The van der Waals surface area contributed by atoms with E-state index in [1.54, 1.807) is 17.0 Å². The number of aliphatic hydroxyl groups is 1. The van der Waals surface area contributed by atoms with E-state index in [1.807, 2.05) is 6.92 Å². The van der Waals surface area contributed by atoms with Crippen LogP contribution in [0.25, 0.3) is 0 Å². The molecule has 0 aromatic carbocycles. The minimum absolute atomic E-state index is 0.0858. The molecule has 0 amide bonds. The Balaban J connectivity index is 2.09. The van der Waals surface area contributed by atoms with Gasteiger partial charge in [-0.05, 0) is 19.1 Å². The molecular weight excluding hydrogens is 288 g/mol. The van der Waals surface area contributed by atoms with E-state index in [-0.39, 0.29) is 17.4 Å². The Morgan fingerprint density at radius 3 is 2.89 bits per heavy atom. The van der Waals surface area contributed by atoms with Gasteiger partial charge in [-0.2, -0.15) is 0 Å². The molecule has 0 spiro atoms. The molecular formula is C10H14N4O3S2. The molecule has 2 heterocycles. The fourth-order valence-electron chi connectivity index (χ4n) is 1.50. The lowest BCUT2D eigenvalue weighted by atomic mass is 10.5. The zero-order valence-electron chi connectivity index (χ0n) is 10.3. The third-order valence-corrected chi connectivity index (χ3v) is 5.48. The number of hydrogen-bond donors (Lipinski definition) is 2. The highest BCUT2D eigenvalue weighted by Gasteiger charge is 2.17. The van der Waals surface area contributed by atoms with E-state index < -0.39 is 10.0 Å². The van der Waals surface area contributed by atoms with E-state index in [0.29, 0.717) is 17.2 Å². The van der Waals surface area contributed by atoms with E-state index >= 15 is 0 Å². The van der Waals surface area contributed by atoms with Gasteiger partial charge >= 0.3 is 0 Å². The molecule has 0 atom stereocenters. The number of rotatable bonds is 6. The molecule has 2 rings (SSSR count). The minimum Gasteiger partial charge on any atom is -0.391 e. The van der Waals surface area contributed by atoms with Crippen LogP contribution in [0, 0.1) is 0 Å². The summed E-state index contributed by atoms with van der Waals surface area (Å²) in [5.74, 6) is 0.560. The maximum absolute atomic E-state index is 12.0. The Labute approximate surface area is 115 Å². The number of sulfonamides is 1. The topological polar surface area (TPSA) is 97.1 Å². The molecule has 0 unspecified atom stereocenters. The predicted molar refractivity (Wildman–Crippen MR) is 70.0 cm³/mol. The van der Waals surface area contributed by atoms with Gasteiger partial charge in [-0.3, -0.25) is 0 Å². The third-order valence-electron chi connectivity index (χ3n) is 2.51. The molecule has 2 N–H and O–H groups in total. The molecule has 0 bridgehead atoms. The standard InChI is InChI=1S/C10H14N4O3S2/c1-2-14-7-11-13-9(14)5-12-19(16,17)10-4-3-8(6-15)18-10/h3-4,7,12,15H,2,5-6H2,1H3. The molecule has 0 saturated heterocycles. The number of aryl methyl sites for hydroxylation is 1. The maximum atomic E-state index is 12.0. The van der Waals surface area contributed by atoms with Crippen molar-refractivity contribution >= 4 is 21.4 Å². The van der Waals surface area contributed by atoms with Gasteiger partial charge in [0.05, 0.1) is 13.2 Å². The van der Waals surface area contributed by atoms with E-state index in [9.17, 15) is 8.42 Å². The van der Waals surface area contributed by atoms with Crippen molar-refractivity contribution in [3.05, 3.63) is 29.2 Å². The number of aromatic nitrogens is 3. The summed E-state index contributed by atoms with van der Waals surface area (Å²) >= 11 is 1.04. The normalized spacial score (nSPS) is 11.9. The van der Waals surface area contributed by atoms with Gasteiger partial charge in [-0.1, -0.05) is 0 Å². The van der Waals surface area contributed by atoms with Gasteiger partial charge < -0.3 is 9.67 Å². The molecule has 104 valence electrons. The van der Waals surface area contributed by atoms with Gasteiger partial charge in [0.15, 0.2) is 0 Å². The largest absolute Gasteiger partial charge is 0.391 e. The number of hydrogen-bond acceptors (Lipinski definition) is 6. The van der Waals surface area contributed by atoms with Gasteiger partial charge in [0.1, 0.15) is 16.4 Å². The van der Waals surface area contributed by atoms with Crippen LogP contribution in [0.3, 0.4) is 0 Å². The first-order chi connectivity index (χ1) is 9.06. The van der Waals surface area contributed by atoms with Crippen molar-refractivity contribution in [3.8, 4) is 0 Å². The summed E-state index contributed by atoms with van der Waals surface area (Å²) in [5.41, 5.74) is 0. The van der Waals surface area contributed by atoms with E-state index in [4.69, 9.17) is 5.11 Å². The molecule has 7 nitrogen and oxygen atoms in total. The van der Waals surface area contributed by atoms with Crippen molar-refractivity contribution in [1.82, 2.24) is 19.5 Å². The van der Waals surface area contributed by atoms with Crippen molar-refractivity contribution in [2.24, 2.45) is 0 Å². The van der Waals surface area contributed by atoms with Crippen LogP contribution in [-0.4, -0.2) is 28.3 Å². The Bertz CT molecular complexity index is 647. The van der Waals surface area contributed by atoms with E-state index in [0.717, 1.165) is 11.3 Å². The zero-order chi connectivity index (χ0) is 13.9. The summed E-state index contributed by atoms with van der Waals surface area (Å²) in [6, 6.07) is 3.07. The predicted octanol–water partition coefficient (Wildman–Crippen LogP) is 0.330. The van der Waals surface area contributed by atoms with Crippen LogP contribution in [0.15, 0.2) is 22.7 Å². The first-order valence-electron chi connectivity index (χ1n) is 5.62. The van der Waals surface area contributed by atoms with Crippen molar-refractivity contribution in [3.63, 3.8) is 0 Å². The second-order valence-corrected chi connectivity index (χ2v) is 6.90. The van der Waals surface area contributed by atoms with Crippen molar-refractivity contribution in [2.45, 2.75) is 30.8 Å². The molecule has 9 heteroatoms. The zero-order valence-corrected chi connectivity index (χ0v) is 11.9. The smallest absolute Gasteiger partial charge is 0.250 e. The highest BCUT2D eigenvalue weighted by atomic mass is 32.2. The summed E-state index contributed by atoms with van der Waals surface area (Å²) in [6.07, 6.45) is 1.55. The fraction of sp³-hybridized carbons (Fsp3) is 0.400. The summed E-state index contributed by atoms with van der Waals surface area (Å²) in [6.45, 7) is 2.53. The summed E-state index contributed by atoms with van der Waals surface area (Å²) in [5, 5.41) is 16.5. The van der Waals surface area contributed by atoms with Gasteiger partial charge in [0.25, 0.3) is 0 Å². The highest BCUT2D eigenvalue weighted by Crippen LogP contribution is 2.21. The second kappa shape index (κ2) is 5.78. The SMILES string of the molecule is CCn1cnnc1CNS(=O)(=O)c1ccc(CO)s1. The summed E-state index contributed by atoms with van der Waals surface area (Å²) < 4.78 is 28.4. The highest BCUT2D eigenvalue weighted by molar-refractivity contribution is 7.91. The van der Waals surface area contributed by atoms with Crippen LogP contribution in [0.1, 0.15) is 17.6 Å². The lowest BCUT2D eigenvalue weighted by molar-refractivity contribution is 0.285. The van der Waals surface area contributed by atoms with Crippen molar-refractivity contribution < 1.29 is 13.5 Å². The van der Waals surface area contributed by atoms with Crippen LogP contribution in [0.5, 0.6) is 0 Å². The van der Waals surface area contributed by atoms with Crippen LogP contribution in [-0.2, 0) is 29.7 Å². The van der Waals surface area contributed by atoms with Gasteiger partial charge in [0.2, 0.25) is 10.0 Å². The molecule has 19 heavy (non-hydrogen) atoms. The fourth-order valence-corrected chi connectivity index (χ4v) is 3.74. The van der Waals surface area contributed by atoms with E-state index in [2.05, 4.69) is 14.9 Å². The summed E-state index contributed by atoms with van der Waals surface area (Å²) in [7, 11) is -3.57. The number of nitrogens with one attached hydrogen (secondary N) is 1. The number of aliphatic hydroxyl groups excluding tert-OH is 1. The summed E-state index contributed by atoms with van der Waals surface area (Å²) in [4.78, 5) is 0.608. The molecule has 2 aromatic heterocycles. The number of thiophene rings is 1. The molecule has 0 aliphatic carbocycles. The van der Waals surface area contributed by atoms with E-state index in [1.165, 1.54) is 6.07 Å². The Kier molecular flexibility index (Phi) is 4.30. The first-order valence-corrected chi connectivity index (χ1v) is 7.92. The number of nitrogens with zero attached hydrogens (tertiary/aromatic N) is 3. The maximum Gasteiger partial charge on any atom is 0.250 e. The molecule has 0 saturated carbocycles. The van der Waals surface area contributed by atoms with Crippen LogP contribution < -0.4 is 4.72 Å². The molecule has 2 aromatic rings. The van der Waals surface area contributed by atoms with Crippen molar-refractivity contribution in [1.29, 1.82) is 0 Å². The molecule has 0 fully saturated rings. The van der Waals surface area contributed by atoms with Crippen LogP contribution in [0.4, 0.5) is 0 Å². The van der Waals surface area contributed by atoms with Gasteiger partial charge in [0, 0.05) is 11.4 Å². The second-order valence-electron chi connectivity index (χ2n) is 3.74. The third kappa shape index (κ3) is 3.18. The lowest BCUT2D eigenvalue weighted by Crippen LogP contribution is -2.24. The van der Waals surface area contributed by atoms with Gasteiger partial charge in [-0.25, -0.2) is 13.1 Å². The lowest BCUT2D eigenvalue weighted by Gasteiger charge is -2.05. The van der Waals surface area contributed by atoms with Gasteiger partial charge in [-0.15, -0.1) is 21.5 Å². The first kappa shape index (κ1) is 14.1. The Morgan fingerprint density at radius 2 is 2.26 bits per heavy atom. The van der Waals surface area contributed by atoms with Crippen molar-refractivity contribution in [2.75, 3.05) is 0 Å². The van der Waals surface area contributed by atoms with Crippen LogP contribution >= 0.6 is 11.3 Å². The monoisotopic (exact) mass is 302 g/mol. The quantitative estimate of drug-likeness (QED) is 0.801. The Hall–Kier alpha value is -1.29. The Morgan fingerprint density at radius 1 is 1.47 bits per heavy atom. The van der Waals surface area contributed by atoms with Crippen LogP contribution in [0.2, 0.25) is 0 Å². The average Bonchev–Trinajstić information content (AvgIpc) is 3.05. The molecule has 0 aliphatic heterocycles. The minimum atomic E-state index is -3.57.